The molecule has 2 heterocycles. The second-order valence-corrected chi connectivity index (χ2v) is 9.35. The fourth-order valence-corrected chi connectivity index (χ4v) is 5.18. The molecular weight excluding hydrogens is 524 g/mol. The first kappa shape index (κ1) is 27.5. The Balaban J connectivity index is 1.90. The number of aliphatic hydroxyl groups excluding tert-OH is 1. The van der Waals surface area contributed by atoms with E-state index in [1.807, 2.05) is 6.92 Å². The number of hydrogen-bond donors (Lipinski definition) is 1. The van der Waals surface area contributed by atoms with E-state index >= 15 is 0 Å². The van der Waals surface area contributed by atoms with Gasteiger partial charge in [0.1, 0.15) is 16.4 Å². The van der Waals surface area contributed by atoms with Crippen molar-refractivity contribution in [1.82, 2.24) is 4.98 Å². The Hall–Kier alpha value is -4.51. The van der Waals surface area contributed by atoms with Crippen molar-refractivity contribution < 1.29 is 38.5 Å². The van der Waals surface area contributed by atoms with Crippen LogP contribution in [0.15, 0.2) is 54.1 Å². The molecule has 1 amide bonds. The fraction of sp³-hybridized carbons (Fsp3) is 0.250. The highest BCUT2D eigenvalue weighted by Crippen LogP contribution is 2.44. The van der Waals surface area contributed by atoms with Crippen molar-refractivity contribution in [3.8, 4) is 5.75 Å². The Morgan fingerprint density at radius 3 is 2.38 bits per heavy atom. The van der Waals surface area contributed by atoms with E-state index in [2.05, 4.69) is 4.98 Å². The molecule has 11 heteroatoms. The summed E-state index contributed by atoms with van der Waals surface area (Å²) in [7, 11) is 1.26. The van der Waals surface area contributed by atoms with E-state index in [-0.39, 0.29) is 33.3 Å². The van der Waals surface area contributed by atoms with Crippen molar-refractivity contribution in [2.75, 3.05) is 25.2 Å². The second-order valence-electron chi connectivity index (χ2n) is 8.37. The first-order valence-electron chi connectivity index (χ1n) is 12.1. The summed E-state index contributed by atoms with van der Waals surface area (Å²) in [4.78, 5) is 57.0. The van der Waals surface area contributed by atoms with Crippen molar-refractivity contribution in [2.24, 2.45) is 0 Å². The van der Waals surface area contributed by atoms with Crippen LogP contribution in [0, 0.1) is 6.92 Å². The van der Waals surface area contributed by atoms with Gasteiger partial charge in [-0.3, -0.25) is 14.5 Å². The molecule has 4 rings (SSSR count). The quantitative estimate of drug-likeness (QED) is 0.187. The van der Waals surface area contributed by atoms with Gasteiger partial charge in [0.15, 0.2) is 5.13 Å². The van der Waals surface area contributed by atoms with E-state index in [1.165, 1.54) is 19.2 Å². The highest BCUT2D eigenvalue weighted by atomic mass is 32.1. The van der Waals surface area contributed by atoms with Crippen LogP contribution in [0.5, 0.6) is 5.75 Å². The summed E-state index contributed by atoms with van der Waals surface area (Å²) in [6.07, 6.45) is 0. The molecule has 1 unspecified atom stereocenters. The molecular formula is C28H26N2O8S. The van der Waals surface area contributed by atoms with Gasteiger partial charge >= 0.3 is 17.8 Å². The third-order valence-electron chi connectivity index (χ3n) is 5.96. The molecule has 202 valence electrons. The molecule has 0 saturated carbocycles. The third-order valence-corrected chi connectivity index (χ3v) is 7.10. The normalized spacial score (nSPS) is 16.3. The van der Waals surface area contributed by atoms with Gasteiger partial charge in [0, 0.05) is 5.56 Å². The lowest BCUT2D eigenvalue weighted by Crippen LogP contribution is -2.29. The molecule has 1 aliphatic heterocycles. The molecule has 0 spiro atoms. The third kappa shape index (κ3) is 5.26. The number of hydrogen-bond acceptors (Lipinski definition) is 10. The number of ketones is 1. The smallest absolute Gasteiger partial charge is 0.350 e. The van der Waals surface area contributed by atoms with E-state index in [4.69, 9.17) is 14.2 Å². The van der Waals surface area contributed by atoms with Crippen molar-refractivity contribution >= 4 is 45.9 Å². The van der Waals surface area contributed by atoms with Crippen LogP contribution in [0.4, 0.5) is 5.13 Å². The average molecular weight is 551 g/mol. The summed E-state index contributed by atoms with van der Waals surface area (Å²) in [5, 5.41) is 11.4. The number of carbonyl (C=O) groups excluding carboxylic acids is 4. The lowest BCUT2D eigenvalue weighted by molar-refractivity contribution is -0.132. The molecule has 1 atom stereocenters. The number of methoxy groups -OCH3 is 1. The monoisotopic (exact) mass is 550 g/mol. The zero-order valence-corrected chi connectivity index (χ0v) is 22.5. The molecule has 0 aliphatic carbocycles. The van der Waals surface area contributed by atoms with Gasteiger partial charge in [-0.2, -0.15) is 0 Å². The summed E-state index contributed by atoms with van der Waals surface area (Å²) < 4.78 is 15.4. The van der Waals surface area contributed by atoms with Gasteiger partial charge in [-0.15, -0.1) is 0 Å². The van der Waals surface area contributed by atoms with Crippen molar-refractivity contribution in [3.05, 3.63) is 81.4 Å². The molecule has 3 aromatic rings. The molecule has 10 nitrogen and oxygen atoms in total. The van der Waals surface area contributed by atoms with Crippen LogP contribution in [0.2, 0.25) is 0 Å². The van der Waals surface area contributed by atoms with Crippen molar-refractivity contribution in [3.63, 3.8) is 0 Å². The molecule has 1 aliphatic rings. The Kier molecular flexibility index (Phi) is 8.10. The number of thiazole rings is 1. The molecule has 39 heavy (non-hydrogen) atoms. The van der Waals surface area contributed by atoms with Crippen molar-refractivity contribution in [1.29, 1.82) is 0 Å². The summed E-state index contributed by atoms with van der Waals surface area (Å²) in [5.74, 6) is -2.94. The lowest BCUT2D eigenvalue weighted by atomic mass is 9.94. The summed E-state index contributed by atoms with van der Waals surface area (Å²) in [5.41, 5.74) is 1.12. The zero-order chi connectivity index (χ0) is 28.3. The van der Waals surface area contributed by atoms with Crippen LogP contribution >= 0.6 is 11.3 Å². The van der Waals surface area contributed by atoms with Gasteiger partial charge in [0.2, 0.25) is 0 Å². The zero-order valence-electron chi connectivity index (χ0n) is 21.7. The largest absolute Gasteiger partial charge is 0.507 e. The fourth-order valence-electron chi connectivity index (χ4n) is 4.19. The highest BCUT2D eigenvalue weighted by molar-refractivity contribution is 7.17. The van der Waals surface area contributed by atoms with E-state index in [1.54, 1.807) is 50.2 Å². The van der Waals surface area contributed by atoms with Crippen LogP contribution in [0.25, 0.3) is 5.76 Å². The van der Waals surface area contributed by atoms with Gasteiger partial charge in [-0.25, -0.2) is 14.6 Å². The maximum atomic E-state index is 13.4. The minimum absolute atomic E-state index is 0.0850. The van der Waals surface area contributed by atoms with Gasteiger partial charge in [0.05, 0.1) is 43.2 Å². The van der Waals surface area contributed by atoms with Gasteiger partial charge in [-0.05, 0) is 50.6 Å². The summed E-state index contributed by atoms with van der Waals surface area (Å²) >= 11 is 0.908. The van der Waals surface area contributed by atoms with E-state index < -0.39 is 35.4 Å². The summed E-state index contributed by atoms with van der Waals surface area (Å²) in [6, 6.07) is 11.5. The van der Waals surface area contributed by atoms with Crippen LogP contribution in [0.1, 0.15) is 56.7 Å². The lowest BCUT2D eigenvalue weighted by Gasteiger charge is -2.23. The number of aromatic nitrogens is 1. The van der Waals surface area contributed by atoms with E-state index in [9.17, 15) is 24.3 Å². The number of carbonyl (C=O) groups is 4. The number of anilines is 1. The van der Waals surface area contributed by atoms with Crippen LogP contribution < -0.4 is 9.64 Å². The van der Waals surface area contributed by atoms with Crippen LogP contribution in [-0.2, 0) is 19.1 Å². The van der Waals surface area contributed by atoms with Gasteiger partial charge in [-0.1, -0.05) is 35.6 Å². The first-order chi connectivity index (χ1) is 18.7. The number of benzene rings is 2. The van der Waals surface area contributed by atoms with E-state index in [0.717, 1.165) is 16.2 Å². The highest BCUT2D eigenvalue weighted by Gasteiger charge is 2.48. The van der Waals surface area contributed by atoms with Gasteiger partial charge < -0.3 is 19.3 Å². The minimum atomic E-state index is -1.10. The maximum absolute atomic E-state index is 13.4. The molecule has 1 aromatic heterocycles. The van der Waals surface area contributed by atoms with Crippen molar-refractivity contribution in [2.45, 2.75) is 26.8 Å². The summed E-state index contributed by atoms with van der Waals surface area (Å²) in [6.45, 7) is 5.64. The number of aryl methyl sites for hydroxylation is 1. The van der Waals surface area contributed by atoms with Crippen LogP contribution in [-0.4, -0.2) is 54.0 Å². The number of ether oxygens (including phenoxy) is 3. The number of aliphatic hydroxyl groups is 1. The Morgan fingerprint density at radius 1 is 1.03 bits per heavy atom. The molecule has 1 fully saturated rings. The first-order valence-corrected chi connectivity index (χ1v) is 12.9. The van der Waals surface area contributed by atoms with Gasteiger partial charge in [0.25, 0.3) is 5.78 Å². The number of Topliss-reactive ketones (excluding diaryl/α,β-unsaturated/α-hetero) is 1. The number of esters is 2. The standard InChI is InChI=1S/C28H26N2O8S/c1-5-37-19-9-7-8-18(14-19)22(31)20-21(16-10-12-17(13-11-16)26(34)36-4)30(25(33)23(20)32)28-29-15(3)24(39-28)27(35)38-6-2/h7-14,21,31H,5-6H2,1-4H3. The molecule has 0 radical (unpaired) electrons. The maximum Gasteiger partial charge on any atom is 0.350 e. The Bertz CT molecular complexity index is 1470. The second kappa shape index (κ2) is 11.5. The molecule has 0 bridgehead atoms. The van der Waals surface area contributed by atoms with E-state index in [0.29, 0.717) is 23.6 Å². The SMILES string of the molecule is CCOC(=O)c1sc(N2C(=O)C(=O)C(=C(O)c3cccc(OCC)c3)C2c2ccc(C(=O)OC)cc2)nc1C. The Labute approximate surface area is 228 Å². The number of rotatable bonds is 8. The topological polar surface area (TPSA) is 132 Å². The molecule has 1 saturated heterocycles. The predicted molar refractivity (Wildman–Crippen MR) is 143 cm³/mol. The number of nitrogens with zero attached hydrogens (tertiary/aromatic N) is 2. The average Bonchev–Trinajstić information content (AvgIpc) is 3.44. The molecule has 2 aromatic carbocycles. The molecule has 1 N–H and O–H groups in total. The Morgan fingerprint density at radius 2 is 1.74 bits per heavy atom. The van der Waals surface area contributed by atoms with Crippen LogP contribution in [0.3, 0.4) is 0 Å². The minimum Gasteiger partial charge on any atom is -0.507 e. The number of amides is 1. The predicted octanol–water partition coefficient (Wildman–Crippen LogP) is 4.44.